The van der Waals surface area contributed by atoms with E-state index in [0.717, 1.165) is 32.2 Å². The molecule has 2 unspecified atom stereocenters. The molecule has 0 spiro atoms. The minimum absolute atomic E-state index is 0.00970. The molecule has 2 atom stereocenters. The van der Waals surface area contributed by atoms with Crippen LogP contribution in [0.25, 0.3) is 0 Å². The largest absolute Gasteiger partial charge is 0.491 e. The smallest absolute Gasteiger partial charge is 0.119 e. The van der Waals surface area contributed by atoms with E-state index in [1.54, 1.807) is 24.3 Å². The number of hydrogen-bond acceptors (Lipinski definition) is 5. The van der Waals surface area contributed by atoms with Gasteiger partial charge in [0.1, 0.15) is 12.4 Å². The molecule has 1 saturated carbocycles. The summed E-state index contributed by atoms with van der Waals surface area (Å²) in [5.74, 6) is 1.49. The highest BCUT2D eigenvalue weighted by atomic mass is 16.5. The molecule has 6 N–H and O–H groups in total. The summed E-state index contributed by atoms with van der Waals surface area (Å²) in [5.41, 5.74) is 12.0. The van der Waals surface area contributed by atoms with E-state index < -0.39 is 6.10 Å². The number of rotatable bonds is 7. The predicted molar refractivity (Wildman–Crippen MR) is 87.4 cm³/mol. The fraction of sp³-hybridized carbons (Fsp3) is 0.647. The number of nitrogens with two attached hydrogens (primary N) is 2. The van der Waals surface area contributed by atoms with Crippen LogP contribution >= 0.6 is 0 Å². The summed E-state index contributed by atoms with van der Waals surface area (Å²) in [6.07, 6.45) is 3.55. The quantitative estimate of drug-likeness (QED) is 0.570. The van der Waals surface area contributed by atoms with Crippen LogP contribution in [0.3, 0.4) is 0 Å². The van der Waals surface area contributed by atoms with Crippen molar-refractivity contribution in [1.29, 1.82) is 0 Å². The molecule has 0 aliphatic heterocycles. The van der Waals surface area contributed by atoms with Crippen LogP contribution in [0.1, 0.15) is 25.7 Å². The Kier molecular flexibility index (Phi) is 6.49. The van der Waals surface area contributed by atoms with Crippen LogP contribution in [0.15, 0.2) is 24.3 Å². The lowest BCUT2D eigenvalue weighted by molar-refractivity contribution is -0.00841. The zero-order valence-electron chi connectivity index (χ0n) is 13.0. The molecule has 1 aliphatic rings. The molecule has 1 aliphatic carbocycles. The van der Waals surface area contributed by atoms with Crippen LogP contribution in [-0.4, -0.2) is 36.1 Å². The molecule has 2 rings (SSSR count). The number of hydrogen-bond donors (Lipinski definition) is 4. The first-order valence-corrected chi connectivity index (χ1v) is 8.11. The monoisotopic (exact) mass is 308 g/mol. The Balaban J connectivity index is 1.83. The highest BCUT2D eigenvalue weighted by Crippen LogP contribution is 2.34. The summed E-state index contributed by atoms with van der Waals surface area (Å²) in [5, 5.41) is 20.0. The van der Waals surface area contributed by atoms with E-state index in [0.29, 0.717) is 23.3 Å². The van der Waals surface area contributed by atoms with Crippen molar-refractivity contribution in [1.82, 2.24) is 0 Å². The van der Waals surface area contributed by atoms with Crippen molar-refractivity contribution < 1.29 is 14.9 Å². The molecule has 1 aromatic rings. The molecule has 0 bridgehead atoms. The molecule has 5 nitrogen and oxygen atoms in total. The standard InChI is InChI=1S/C17H28N2O3/c18-9-12-1-3-13(4-2-12)16(10-20)17(21)11-22-15-7-5-14(19)6-8-15/h5-8,12-13,16-17,20-21H,1-4,9-11,18-19H2. The van der Waals surface area contributed by atoms with E-state index in [-0.39, 0.29) is 19.1 Å². The molecule has 0 heterocycles. The number of benzene rings is 1. The lowest BCUT2D eigenvalue weighted by atomic mass is 9.74. The Morgan fingerprint density at radius 2 is 1.77 bits per heavy atom. The highest BCUT2D eigenvalue weighted by Gasteiger charge is 2.31. The van der Waals surface area contributed by atoms with Crippen molar-refractivity contribution in [2.45, 2.75) is 31.8 Å². The summed E-state index contributed by atoms with van der Waals surface area (Å²) in [6.45, 7) is 0.912. The Bertz CT molecular complexity index is 430. The average molecular weight is 308 g/mol. The number of aliphatic hydroxyl groups is 2. The molecule has 5 heteroatoms. The maximum Gasteiger partial charge on any atom is 0.119 e. The third kappa shape index (κ3) is 4.60. The van der Waals surface area contributed by atoms with Crippen LogP contribution in [0.5, 0.6) is 5.75 Å². The Labute approximate surface area is 132 Å². The van der Waals surface area contributed by atoms with Crippen molar-refractivity contribution in [2.24, 2.45) is 23.5 Å². The van der Waals surface area contributed by atoms with Gasteiger partial charge in [-0.1, -0.05) is 0 Å². The molecular weight excluding hydrogens is 280 g/mol. The summed E-state index contributed by atoms with van der Waals surface area (Å²) >= 11 is 0. The van der Waals surface area contributed by atoms with Gasteiger partial charge in [0, 0.05) is 18.2 Å². The van der Waals surface area contributed by atoms with Crippen LogP contribution in [0, 0.1) is 17.8 Å². The van der Waals surface area contributed by atoms with Crippen LogP contribution in [-0.2, 0) is 0 Å². The van der Waals surface area contributed by atoms with Crippen LogP contribution in [0.4, 0.5) is 5.69 Å². The van der Waals surface area contributed by atoms with Crippen molar-refractivity contribution in [3.05, 3.63) is 24.3 Å². The number of anilines is 1. The number of aliphatic hydroxyl groups excluding tert-OH is 2. The fourth-order valence-electron chi connectivity index (χ4n) is 3.31. The van der Waals surface area contributed by atoms with E-state index in [1.807, 2.05) is 0 Å². The Morgan fingerprint density at radius 1 is 1.14 bits per heavy atom. The second-order valence-corrected chi connectivity index (χ2v) is 6.31. The maximum absolute atomic E-state index is 10.4. The topological polar surface area (TPSA) is 102 Å². The van der Waals surface area contributed by atoms with Gasteiger partial charge in [-0.2, -0.15) is 0 Å². The Morgan fingerprint density at radius 3 is 2.32 bits per heavy atom. The number of nitrogen functional groups attached to an aromatic ring is 1. The molecule has 0 saturated heterocycles. The van der Waals surface area contributed by atoms with E-state index in [1.165, 1.54) is 0 Å². The first-order chi connectivity index (χ1) is 10.6. The van der Waals surface area contributed by atoms with Gasteiger partial charge >= 0.3 is 0 Å². The summed E-state index contributed by atoms with van der Waals surface area (Å²) in [4.78, 5) is 0. The molecule has 1 fully saturated rings. The second-order valence-electron chi connectivity index (χ2n) is 6.31. The maximum atomic E-state index is 10.4. The van der Waals surface area contributed by atoms with Gasteiger partial charge in [0.25, 0.3) is 0 Å². The lowest BCUT2D eigenvalue weighted by Gasteiger charge is -2.34. The van der Waals surface area contributed by atoms with Gasteiger partial charge in [-0.25, -0.2) is 0 Å². The average Bonchev–Trinajstić information content (AvgIpc) is 2.55. The first-order valence-electron chi connectivity index (χ1n) is 8.11. The van der Waals surface area contributed by atoms with E-state index >= 15 is 0 Å². The zero-order valence-corrected chi connectivity index (χ0v) is 13.0. The minimum Gasteiger partial charge on any atom is -0.491 e. The van der Waals surface area contributed by atoms with Gasteiger partial charge in [0.05, 0.1) is 6.10 Å². The van der Waals surface area contributed by atoms with Gasteiger partial charge < -0.3 is 26.4 Å². The summed E-state index contributed by atoms with van der Waals surface area (Å²) in [7, 11) is 0. The number of ether oxygens (including phenoxy) is 1. The molecule has 0 amide bonds. The van der Waals surface area contributed by atoms with Crippen LogP contribution < -0.4 is 16.2 Å². The summed E-state index contributed by atoms with van der Waals surface area (Å²) in [6, 6.07) is 7.09. The van der Waals surface area contributed by atoms with Gasteiger partial charge in [-0.3, -0.25) is 0 Å². The van der Waals surface area contributed by atoms with Crippen molar-refractivity contribution in [3.8, 4) is 5.75 Å². The molecule has 0 radical (unpaired) electrons. The highest BCUT2D eigenvalue weighted by molar-refractivity contribution is 5.41. The zero-order chi connectivity index (χ0) is 15.9. The minimum atomic E-state index is -0.665. The van der Waals surface area contributed by atoms with Gasteiger partial charge in [-0.15, -0.1) is 0 Å². The lowest BCUT2D eigenvalue weighted by Crippen LogP contribution is -2.37. The van der Waals surface area contributed by atoms with Gasteiger partial charge in [-0.05, 0) is 68.3 Å². The fourth-order valence-corrected chi connectivity index (χ4v) is 3.31. The SMILES string of the molecule is NCC1CCC(C(CO)C(O)COc2ccc(N)cc2)CC1. The van der Waals surface area contributed by atoms with Gasteiger partial charge in [0.2, 0.25) is 0 Å². The van der Waals surface area contributed by atoms with Crippen molar-refractivity contribution in [2.75, 3.05) is 25.5 Å². The normalized spacial score (nSPS) is 24.7. The van der Waals surface area contributed by atoms with E-state index in [2.05, 4.69) is 0 Å². The van der Waals surface area contributed by atoms with Gasteiger partial charge in [0.15, 0.2) is 0 Å². The van der Waals surface area contributed by atoms with E-state index in [4.69, 9.17) is 16.2 Å². The van der Waals surface area contributed by atoms with Crippen LogP contribution in [0.2, 0.25) is 0 Å². The second kappa shape index (κ2) is 8.36. The van der Waals surface area contributed by atoms with Crippen molar-refractivity contribution >= 4 is 5.69 Å². The van der Waals surface area contributed by atoms with Crippen molar-refractivity contribution in [3.63, 3.8) is 0 Å². The van der Waals surface area contributed by atoms with E-state index in [9.17, 15) is 10.2 Å². The summed E-state index contributed by atoms with van der Waals surface area (Å²) < 4.78 is 5.60. The predicted octanol–water partition coefficient (Wildman–Crippen LogP) is 1.38. The third-order valence-corrected chi connectivity index (χ3v) is 4.84. The molecule has 1 aromatic carbocycles. The third-order valence-electron chi connectivity index (χ3n) is 4.84. The molecule has 22 heavy (non-hydrogen) atoms. The molecular formula is C17H28N2O3. The first kappa shape index (κ1) is 17.1. The Hall–Kier alpha value is -1.30. The molecule has 124 valence electrons. The molecule has 0 aromatic heterocycles.